The van der Waals surface area contributed by atoms with Crippen molar-refractivity contribution in [2.24, 2.45) is 5.92 Å². The third-order valence-electron chi connectivity index (χ3n) is 3.22. The number of nitriles is 1. The fourth-order valence-electron chi connectivity index (χ4n) is 2.48. The first-order valence-electron chi connectivity index (χ1n) is 5.56. The van der Waals surface area contributed by atoms with E-state index in [4.69, 9.17) is 28.5 Å². The highest BCUT2D eigenvalue weighted by Crippen LogP contribution is 2.38. The second-order valence-corrected chi connectivity index (χ2v) is 5.95. The van der Waals surface area contributed by atoms with Gasteiger partial charge in [0.1, 0.15) is 0 Å². The Labute approximate surface area is 112 Å². The van der Waals surface area contributed by atoms with Gasteiger partial charge in [-0.2, -0.15) is 5.26 Å². The number of halogens is 2. The van der Waals surface area contributed by atoms with Crippen LogP contribution in [0.2, 0.25) is 10.0 Å². The lowest BCUT2D eigenvalue weighted by molar-refractivity contribution is 0.503. The van der Waals surface area contributed by atoms with Gasteiger partial charge in [0.15, 0.2) is 0 Å². The minimum atomic E-state index is -0.0333. The summed E-state index contributed by atoms with van der Waals surface area (Å²) in [6, 6.07) is 7.86. The molecule has 1 aliphatic heterocycles. The van der Waals surface area contributed by atoms with Crippen LogP contribution in [-0.4, -0.2) is 12.1 Å². The van der Waals surface area contributed by atoms with Crippen molar-refractivity contribution in [2.45, 2.75) is 25.8 Å². The second kappa shape index (κ2) is 4.40. The molecule has 1 heterocycles. The van der Waals surface area contributed by atoms with Gasteiger partial charge in [0.05, 0.1) is 12.0 Å². The molecule has 0 aromatic heterocycles. The molecule has 0 spiro atoms. The van der Waals surface area contributed by atoms with Gasteiger partial charge >= 0.3 is 0 Å². The van der Waals surface area contributed by atoms with Crippen LogP contribution in [-0.2, 0) is 0 Å². The molecule has 1 fully saturated rings. The number of hydrogen-bond donors (Lipinski definition) is 0. The van der Waals surface area contributed by atoms with E-state index in [0.717, 1.165) is 18.7 Å². The van der Waals surface area contributed by atoms with E-state index in [1.807, 2.05) is 12.1 Å². The molecule has 4 heteroatoms. The van der Waals surface area contributed by atoms with Crippen molar-refractivity contribution in [1.29, 1.82) is 5.26 Å². The van der Waals surface area contributed by atoms with Crippen LogP contribution in [0, 0.1) is 17.2 Å². The van der Waals surface area contributed by atoms with Gasteiger partial charge in [-0.3, -0.25) is 0 Å². The molecular formula is C13H14Cl2N2. The van der Waals surface area contributed by atoms with Crippen LogP contribution in [0.4, 0.5) is 5.69 Å². The lowest BCUT2D eigenvalue weighted by Gasteiger charge is -2.33. The van der Waals surface area contributed by atoms with Crippen LogP contribution in [0.1, 0.15) is 20.3 Å². The van der Waals surface area contributed by atoms with Crippen molar-refractivity contribution in [3.05, 3.63) is 28.2 Å². The molecule has 90 valence electrons. The van der Waals surface area contributed by atoms with Gasteiger partial charge in [0.2, 0.25) is 0 Å². The van der Waals surface area contributed by atoms with Crippen LogP contribution in [0.3, 0.4) is 0 Å². The zero-order chi connectivity index (χ0) is 12.6. The van der Waals surface area contributed by atoms with Crippen molar-refractivity contribution in [2.75, 3.05) is 11.4 Å². The van der Waals surface area contributed by atoms with Gasteiger partial charge in [-0.25, -0.2) is 0 Å². The molecule has 1 aliphatic rings. The van der Waals surface area contributed by atoms with Crippen molar-refractivity contribution in [3.63, 3.8) is 0 Å². The van der Waals surface area contributed by atoms with Gasteiger partial charge in [0, 0.05) is 27.8 Å². The zero-order valence-corrected chi connectivity index (χ0v) is 11.4. The molecule has 0 saturated carbocycles. The van der Waals surface area contributed by atoms with E-state index >= 15 is 0 Å². The zero-order valence-electron chi connectivity index (χ0n) is 9.87. The molecule has 0 radical (unpaired) electrons. The van der Waals surface area contributed by atoms with Gasteiger partial charge < -0.3 is 4.90 Å². The topological polar surface area (TPSA) is 27.0 Å². The van der Waals surface area contributed by atoms with Gasteiger partial charge in [-0.1, -0.05) is 23.2 Å². The Kier molecular flexibility index (Phi) is 3.25. The fourth-order valence-corrected chi connectivity index (χ4v) is 3.00. The molecule has 1 aromatic rings. The van der Waals surface area contributed by atoms with Gasteiger partial charge in [-0.15, -0.1) is 0 Å². The highest BCUT2D eigenvalue weighted by atomic mass is 35.5. The smallest absolute Gasteiger partial charge is 0.0675 e. The third-order valence-corrected chi connectivity index (χ3v) is 3.66. The predicted octanol–water partition coefficient (Wildman–Crippen LogP) is 4.12. The first-order valence-corrected chi connectivity index (χ1v) is 6.31. The van der Waals surface area contributed by atoms with Crippen molar-refractivity contribution in [1.82, 2.24) is 0 Å². The van der Waals surface area contributed by atoms with Crippen LogP contribution in [0.5, 0.6) is 0 Å². The molecule has 2 rings (SSSR count). The first kappa shape index (κ1) is 12.5. The lowest BCUT2D eigenvalue weighted by Crippen LogP contribution is -2.38. The van der Waals surface area contributed by atoms with Crippen LogP contribution < -0.4 is 4.90 Å². The van der Waals surface area contributed by atoms with E-state index in [9.17, 15) is 0 Å². The third kappa shape index (κ3) is 2.51. The summed E-state index contributed by atoms with van der Waals surface area (Å²) in [6.07, 6.45) is 0.869. The number of rotatable bonds is 1. The summed E-state index contributed by atoms with van der Waals surface area (Å²) in [5, 5.41) is 10.3. The van der Waals surface area contributed by atoms with E-state index in [1.165, 1.54) is 0 Å². The predicted molar refractivity (Wildman–Crippen MR) is 71.6 cm³/mol. The molecule has 0 N–H and O–H groups in total. The Morgan fingerprint density at radius 2 is 1.88 bits per heavy atom. The van der Waals surface area contributed by atoms with E-state index in [2.05, 4.69) is 24.8 Å². The normalized spacial score (nSPS) is 22.5. The highest BCUT2D eigenvalue weighted by molar-refractivity contribution is 6.35. The van der Waals surface area contributed by atoms with E-state index < -0.39 is 0 Å². The largest absolute Gasteiger partial charge is 0.365 e. The minimum Gasteiger partial charge on any atom is -0.365 e. The fraction of sp³-hybridized carbons (Fsp3) is 0.462. The van der Waals surface area contributed by atoms with Crippen LogP contribution >= 0.6 is 23.2 Å². The summed E-state index contributed by atoms with van der Waals surface area (Å²) in [7, 11) is 0. The van der Waals surface area contributed by atoms with E-state index in [0.29, 0.717) is 10.0 Å². The summed E-state index contributed by atoms with van der Waals surface area (Å²) in [5.74, 6) is 0.0720. The maximum absolute atomic E-state index is 9.04. The molecule has 1 aromatic carbocycles. The average Bonchev–Trinajstić information content (AvgIpc) is 2.52. The number of anilines is 1. The number of nitrogens with zero attached hydrogens (tertiary/aromatic N) is 2. The molecule has 1 unspecified atom stereocenters. The quantitative estimate of drug-likeness (QED) is 0.766. The Bertz CT molecular complexity index is 457. The maximum atomic E-state index is 9.04. The molecule has 0 bridgehead atoms. The maximum Gasteiger partial charge on any atom is 0.0675 e. The molecule has 0 aliphatic carbocycles. The van der Waals surface area contributed by atoms with E-state index in [1.54, 1.807) is 6.07 Å². The number of benzene rings is 1. The molecular weight excluding hydrogens is 255 g/mol. The van der Waals surface area contributed by atoms with Crippen LogP contribution in [0.15, 0.2) is 18.2 Å². The molecule has 1 saturated heterocycles. The number of hydrogen-bond acceptors (Lipinski definition) is 2. The molecule has 0 amide bonds. The molecule has 1 atom stereocenters. The summed E-state index contributed by atoms with van der Waals surface area (Å²) in [5.41, 5.74) is 0.958. The van der Waals surface area contributed by atoms with Crippen molar-refractivity contribution < 1.29 is 0 Å². The van der Waals surface area contributed by atoms with E-state index in [-0.39, 0.29) is 11.5 Å². The Hall–Kier alpha value is -0.910. The average molecular weight is 269 g/mol. The van der Waals surface area contributed by atoms with Crippen molar-refractivity contribution in [3.8, 4) is 6.07 Å². The monoisotopic (exact) mass is 268 g/mol. The minimum absolute atomic E-state index is 0.0333. The Morgan fingerprint density at radius 1 is 1.29 bits per heavy atom. The highest BCUT2D eigenvalue weighted by Gasteiger charge is 2.38. The summed E-state index contributed by atoms with van der Waals surface area (Å²) in [6.45, 7) is 5.01. The summed E-state index contributed by atoms with van der Waals surface area (Å²) >= 11 is 12.0. The molecule has 2 nitrogen and oxygen atoms in total. The SMILES string of the molecule is CC1(C)CC(C#N)CN1c1cc(Cl)cc(Cl)c1. The lowest BCUT2D eigenvalue weighted by atomic mass is 9.97. The first-order chi connectivity index (χ1) is 7.92. The Balaban J connectivity index is 2.37. The van der Waals surface area contributed by atoms with Crippen LogP contribution in [0.25, 0.3) is 0 Å². The van der Waals surface area contributed by atoms with Crippen molar-refractivity contribution >= 4 is 28.9 Å². The van der Waals surface area contributed by atoms with Gasteiger partial charge in [-0.05, 0) is 38.5 Å². The second-order valence-electron chi connectivity index (χ2n) is 5.08. The summed E-state index contributed by atoms with van der Waals surface area (Å²) < 4.78 is 0. The van der Waals surface area contributed by atoms with Gasteiger partial charge in [0.25, 0.3) is 0 Å². The standard InChI is InChI=1S/C13H14Cl2N2/c1-13(2)6-9(7-16)8-17(13)12-4-10(14)3-11(15)5-12/h3-5,9H,6,8H2,1-2H3. The Morgan fingerprint density at radius 3 is 2.35 bits per heavy atom. The summed E-state index contributed by atoms with van der Waals surface area (Å²) in [4.78, 5) is 2.21. The molecule has 17 heavy (non-hydrogen) atoms.